The number of aldehydes is 1. The van der Waals surface area contributed by atoms with Crippen molar-refractivity contribution in [1.29, 1.82) is 0 Å². The van der Waals surface area contributed by atoms with Crippen LogP contribution in [0.4, 0.5) is 0 Å². The highest BCUT2D eigenvalue weighted by Crippen LogP contribution is 2.27. The lowest BCUT2D eigenvalue weighted by atomic mass is 10.1. The van der Waals surface area contributed by atoms with Gasteiger partial charge in [0.15, 0.2) is 6.29 Å². The molecule has 0 aliphatic carbocycles. The highest BCUT2D eigenvalue weighted by atomic mass is 16.5. The second kappa shape index (κ2) is 9.17. The van der Waals surface area contributed by atoms with E-state index in [0.717, 1.165) is 33.7 Å². The van der Waals surface area contributed by atoms with Crippen molar-refractivity contribution >= 4 is 28.0 Å². The van der Waals surface area contributed by atoms with Crippen LogP contribution in [0.3, 0.4) is 0 Å². The minimum atomic E-state index is -0.500. The van der Waals surface area contributed by atoms with Crippen molar-refractivity contribution in [3.8, 4) is 0 Å². The maximum absolute atomic E-state index is 11.3. The Morgan fingerprint density at radius 3 is 2.07 bits per heavy atom. The quantitative estimate of drug-likeness (QED) is 0.541. The third-order valence-electron chi connectivity index (χ3n) is 3.66. The Balaban J connectivity index is 0.000000298. The van der Waals surface area contributed by atoms with Crippen molar-refractivity contribution in [2.75, 3.05) is 7.11 Å². The third kappa shape index (κ3) is 7.29. The molecule has 3 rings (SSSR count). The fraction of sp³-hybridized carbons (Fsp3) is 0.455. The summed E-state index contributed by atoms with van der Waals surface area (Å²) in [6.45, 7) is 13.1. The number of carbonyl (C=O) groups excluding carboxylic acids is 1. The molecule has 0 aliphatic heterocycles. The highest BCUT2D eigenvalue weighted by molar-refractivity contribution is 6.11. The molecule has 28 heavy (non-hydrogen) atoms. The number of methoxy groups -OCH3 is 1. The van der Waals surface area contributed by atoms with Gasteiger partial charge in [0.05, 0.1) is 16.7 Å². The van der Waals surface area contributed by atoms with E-state index < -0.39 is 5.60 Å². The van der Waals surface area contributed by atoms with Gasteiger partial charge in [0.2, 0.25) is 5.56 Å². The van der Waals surface area contributed by atoms with Crippen LogP contribution in [-0.4, -0.2) is 39.7 Å². The molecule has 3 aromatic rings. The van der Waals surface area contributed by atoms with Crippen LogP contribution in [0.5, 0.6) is 0 Å². The zero-order chi connectivity index (χ0) is 21.7. The Bertz CT molecular complexity index is 980. The summed E-state index contributed by atoms with van der Waals surface area (Å²) in [4.78, 5) is 28.2. The third-order valence-corrected chi connectivity index (χ3v) is 3.66. The van der Waals surface area contributed by atoms with Crippen molar-refractivity contribution in [1.82, 2.24) is 9.97 Å². The van der Waals surface area contributed by atoms with Gasteiger partial charge in [0, 0.05) is 46.8 Å². The highest BCUT2D eigenvalue weighted by Gasteiger charge is 2.10. The largest absolute Gasteiger partial charge is 0.391 e. The molecule has 0 amide bonds. The molecular weight excluding hydrogens is 356 g/mol. The first-order valence-electron chi connectivity index (χ1n) is 9.13. The summed E-state index contributed by atoms with van der Waals surface area (Å²) in [7, 11) is 1.71. The SMILES string of the molecule is CC(C)(C)O.COC(C)(C)C.Cc1[nH]c2c(ccc3c[nH]c(=O)cc32)c1C=O. The molecule has 0 aliphatic rings. The molecule has 0 unspecified atom stereocenters. The number of rotatable bonds is 1. The van der Waals surface area contributed by atoms with Gasteiger partial charge in [0.25, 0.3) is 0 Å². The van der Waals surface area contributed by atoms with E-state index >= 15 is 0 Å². The average molecular weight is 389 g/mol. The minimum Gasteiger partial charge on any atom is -0.391 e. The number of carbonyl (C=O) groups is 1. The predicted molar refractivity (Wildman–Crippen MR) is 115 cm³/mol. The van der Waals surface area contributed by atoms with E-state index in [4.69, 9.17) is 9.84 Å². The van der Waals surface area contributed by atoms with E-state index in [1.165, 1.54) is 0 Å². The first-order chi connectivity index (χ1) is 12.8. The number of aromatic nitrogens is 2. The van der Waals surface area contributed by atoms with Gasteiger partial charge in [-0.1, -0.05) is 12.1 Å². The minimum absolute atomic E-state index is 0.0417. The maximum Gasteiger partial charge on any atom is 0.248 e. The number of H-pyrrole nitrogens is 2. The molecule has 2 aromatic heterocycles. The smallest absolute Gasteiger partial charge is 0.248 e. The van der Waals surface area contributed by atoms with Crippen LogP contribution in [0.15, 0.2) is 29.2 Å². The van der Waals surface area contributed by atoms with Gasteiger partial charge in [-0.05, 0) is 48.5 Å². The molecule has 0 radical (unpaired) electrons. The first kappa shape index (κ1) is 23.6. The van der Waals surface area contributed by atoms with Crippen LogP contribution < -0.4 is 5.56 Å². The van der Waals surface area contributed by atoms with Gasteiger partial charge in [-0.3, -0.25) is 9.59 Å². The number of benzene rings is 1. The second-order valence-electron chi connectivity index (χ2n) is 8.56. The van der Waals surface area contributed by atoms with E-state index in [1.807, 2.05) is 39.8 Å². The standard InChI is InChI=1S/C13H10N2O2.C5H12O.C4H10O/c1-7-11(6-16)9-3-2-8-5-14-12(17)4-10(8)13(9)15-7;1-5(2,3)6-4;1-4(2,3)5/h2-6,15H,1H3,(H,14,17);1-4H3;5H,1-3H3. The molecular formula is C22H32N2O4. The number of aliphatic hydroxyl groups is 1. The van der Waals surface area contributed by atoms with E-state index in [9.17, 15) is 9.59 Å². The molecule has 0 saturated heterocycles. The second-order valence-corrected chi connectivity index (χ2v) is 8.56. The van der Waals surface area contributed by atoms with Crippen molar-refractivity contribution in [2.24, 2.45) is 0 Å². The van der Waals surface area contributed by atoms with E-state index in [0.29, 0.717) is 5.56 Å². The van der Waals surface area contributed by atoms with E-state index in [1.54, 1.807) is 40.1 Å². The lowest BCUT2D eigenvalue weighted by molar-refractivity contribution is 0.0397. The number of aryl methyl sites for hydroxylation is 1. The van der Waals surface area contributed by atoms with Crippen LogP contribution in [0.2, 0.25) is 0 Å². The summed E-state index contributed by atoms with van der Waals surface area (Å²) in [5.74, 6) is 0. The zero-order valence-electron chi connectivity index (χ0n) is 18.1. The summed E-state index contributed by atoms with van der Waals surface area (Å²) in [6, 6.07) is 5.33. The monoisotopic (exact) mass is 388 g/mol. The van der Waals surface area contributed by atoms with Gasteiger partial charge in [0.1, 0.15) is 0 Å². The fourth-order valence-electron chi connectivity index (χ4n) is 2.21. The molecule has 6 heteroatoms. The van der Waals surface area contributed by atoms with Crippen LogP contribution in [-0.2, 0) is 4.74 Å². The Hall–Kier alpha value is -2.44. The molecule has 0 spiro atoms. The molecule has 0 fully saturated rings. The molecule has 0 bridgehead atoms. The van der Waals surface area contributed by atoms with Gasteiger partial charge >= 0.3 is 0 Å². The molecule has 0 saturated carbocycles. The number of nitrogens with one attached hydrogen (secondary N) is 2. The van der Waals surface area contributed by atoms with Crippen LogP contribution in [0.25, 0.3) is 21.7 Å². The predicted octanol–water partition coefficient (Wildman–Crippen LogP) is 4.34. The van der Waals surface area contributed by atoms with Gasteiger partial charge in [-0.15, -0.1) is 0 Å². The molecule has 3 N–H and O–H groups in total. The molecule has 1 aromatic carbocycles. The summed E-state index contributed by atoms with van der Waals surface area (Å²) in [5, 5.41) is 11.2. The van der Waals surface area contributed by atoms with Crippen LogP contribution in [0.1, 0.15) is 57.6 Å². The number of aromatic amines is 2. The summed E-state index contributed by atoms with van der Waals surface area (Å²) in [6.07, 6.45) is 2.51. The lowest BCUT2D eigenvalue weighted by Gasteiger charge is -2.14. The molecule has 6 nitrogen and oxygen atoms in total. The van der Waals surface area contributed by atoms with Gasteiger partial charge in [-0.2, -0.15) is 0 Å². The Morgan fingerprint density at radius 1 is 1.07 bits per heavy atom. The first-order valence-corrected chi connectivity index (χ1v) is 9.13. The number of ether oxygens (including phenoxy) is 1. The molecule has 154 valence electrons. The van der Waals surface area contributed by atoms with E-state index in [2.05, 4.69) is 9.97 Å². The summed E-state index contributed by atoms with van der Waals surface area (Å²) < 4.78 is 4.94. The van der Waals surface area contributed by atoms with Crippen LogP contribution >= 0.6 is 0 Å². The van der Waals surface area contributed by atoms with Crippen molar-refractivity contribution in [3.05, 3.63) is 46.0 Å². The van der Waals surface area contributed by atoms with Crippen molar-refractivity contribution in [2.45, 2.75) is 59.7 Å². The molecule has 0 atom stereocenters. The van der Waals surface area contributed by atoms with Gasteiger partial charge in [-0.25, -0.2) is 0 Å². The Labute approximate surface area is 165 Å². The topological polar surface area (TPSA) is 95.2 Å². The lowest BCUT2D eigenvalue weighted by Crippen LogP contribution is -2.15. The normalized spacial score (nSPS) is 11.5. The summed E-state index contributed by atoms with van der Waals surface area (Å²) in [5.41, 5.74) is 1.71. The van der Waals surface area contributed by atoms with Crippen molar-refractivity contribution in [3.63, 3.8) is 0 Å². The van der Waals surface area contributed by atoms with Gasteiger partial charge < -0.3 is 19.8 Å². The van der Waals surface area contributed by atoms with E-state index in [-0.39, 0.29) is 11.2 Å². The Morgan fingerprint density at radius 2 is 1.61 bits per heavy atom. The average Bonchev–Trinajstić information content (AvgIpc) is 2.89. The number of fused-ring (bicyclic) bond motifs is 3. The number of pyridine rings is 1. The summed E-state index contributed by atoms with van der Waals surface area (Å²) >= 11 is 0. The van der Waals surface area contributed by atoms with Crippen molar-refractivity contribution < 1.29 is 14.6 Å². The molecule has 2 heterocycles. The number of hydrogen-bond donors (Lipinski definition) is 3. The number of hydrogen-bond acceptors (Lipinski definition) is 4. The fourth-order valence-corrected chi connectivity index (χ4v) is 2.21. The van der Waals surface area contributed by atoms with Crippen LogP contribution in [0, 0.1) is 6.92 Å². The zero-order valence-corrected chi connectivity index (χ0v) is 18.1. The maximum atomic E-state index is 11.3. The Kier molecular flexibility index (Phi) is 7.73.